The predicted octanol–water partition coefficient (Wildman–Crippen LogP) is 8.18. The van der Waals surface area contributed by atoms with Crippen LogP contribution in [-0.2, 0) is 0 Å². The molecule has 1 nitrogen and oxygen atoms in total. The average molecular weight is 403 g/mol. The van der Waals surface area contributed by atoms with Gasteiger partial charge in [-0.1, -0.05) is 72.8 Å². The Kier molecular flexibility index (Phi) is 4.03. The quantitative estimate of drug-likeness (QED) is 0.281. The van der Waals surface area contributed by atoms with E-state index in [0.29, 0.717) is 0 Å². The Morgan fingerprint density at radius 2 is 1.33 bits per heavy atom. The van der Waals surface area contributed by atoms with Gasteiger partial charge < -0.3 is 4.57 Å². The summed E-state index contributed by atoms with van der Waals surface area (Å²) in [6.07, 6.45) is 0. The van der Waals surface area contributed by atoms with Gasteiger partial charge in [0.05, 0.1) is 16.9 Å². The van der Waals surface area contributed by atoms with Crippen molar-refractivity contribution in [1.82, 2.24) is 4.57 Å². The lowest BCUT2D eigenvalue weighted by Crippen LogP contribution is -1.98. The summed E-state index contributed by atoms with van der Waals surface area (Å²) < 4.78 is 2.42. The van der Waals surface area contributed by atoms with Crippen molar-refractivity contribution in [2.24, 2.45) is 0 Å². The number of thiophene rings is 1. The molecule has 6 aromatic rings. The maximum atomic E-state index is 2.42. The zero-order valence-electron chi connectivity index (χ0n) is 16.3. The van der Waals surface area contributed by atoms with Gasteiger partial charge in [0.1, 0.15) is 0 Å². The van der Waals surface area contributed by atoms with Crippen molar-refractivity contribution in [3.05, 3.63) is 114 Å². The number of para-hydroxylation sites is 1. The second-order valence-electron chi connectivity index (χ2n) is 7.52. The van der Waals surface area contributed by atoms with Crippen LogP contribution in [-0.4, -0.2) is 4.57 Å². The maximum Gasteiger partial charge on any atom is 0.0546 e. The molecular formula is C28H19NS. The molecule has 2 heterocycles. The fraction of sp³-hybridized carbons (Fsp3) is 0. The molecule has 0 saturated carbocycles. The Morgan fingerprint density at radius 1 is 0.567 bits per heavy atom. The van der Waals surface area contributed by atoms with Gasteiger partial charge in [-0.3, -0.25) is 0 Å². The standard InChI is InChI=1S/C28H19NS/c1-2-8-20(9-3-1)27-17-22-11-5-7-13-26(22)29(27)28-18-24(23-14-15-30-19-23)16-21-10-4-6-12-25(21)28/h1-19H/i27+1. The number of rotatable bonds is 3. The summed E-state index contributed by atoms with van der Waals surface area (Å²) in [5.41, 5.74) is 7.40. The molecular weight excluding hydrogens is 383 g/mol. The molecule has 0 spiro atoms. The van der Waals surface area contributed by atoms with Crippen LogP contribution < -0.4 is 0 Å². The van der Waals surface area contributed by atoms with Crippen LogP contribution in [0.15, 0.2) is 114 Å². The minimum absolute atomic E-state index is 1.21. The monoisotopic (exact) mass is 402 g/mol. The molecule has 0 atom stereocenters. The topological polar surface area (TPSA) is 4.93 Å². The molecule has 2 aromatic heterocycles. The van der Waals surface area contributed by atoms with E-state index in [1.54, 1.807) is 11.3 Å². The molecule has 0 radical (unpaired) electrons. The van der Waals surface area contributed by atoms with E-state index >= 15 is 0 Å². The number of nitrogens with zero attached hydrogens (tertiary/aromatic N) is 1. The molecule has 4 aromatic carbocycles. The van der Waals surface area contributed by atoms with Crippen LogP contribution >= 0.6 is 11.3 Å². The van der Waals surface area contributed by atoms with E-state index in [-0.39, 0.29) is 0 Å². The van der Waals surface area contributed by atoms with Crippen LogP contribution in [0.2, 0.25) is 0 Å². The molecule has 142 valence electrons. The number of benzene rings is 4. The van der Waals surface area contributed by atoms with Crippen LogP contribution in [0.25, 0.3) is 49.7 Å². The molecule has 0 fully saturated rings. The summed E-state index contributed by atoms with van der Waals surface area (Å²) in [6, 6.07) is 37.1. The van der Waals surface area contributed by atoms with Crippen molar-refractivity contribution in [3.63, 3.8) is 0 Å². The lowest BCUT2D eigenvalue weighted by atomic mass is 10.0. The highest BCUT2D eigenvalue weighted by Gasteiger charge is 2.15. The van der Waals surface area contributed by atoms with Gasteiger partial charge in [-0.25, -0.2) is 0 Å². The van der Waals surface area contributed by atoms with E-state index in [1.807, 2.05) is 0 Å². The van der Waals surface area contributed by atoms with E-state index in [0.717, 1.165) is 0 Å². The van der Waals surface area contributed by atoms with E-state index in [4.69, 9.17) is 0 Å². The molecule has 0 N–H and O–H groups in total. The highest BCUT2D eigenvalue weighted by molar-refractivity contribution is 7.08. The third-order valence-electron chi connectivity index (χ3n) is 5.72. The van der Waals surface area contributed by atoms with Crippen molar-refractivity contribution in [1.29, 1.82) is 0 Å². The summed E-state index contributed by atoms with van der Waals surface area (Å²) in [5, 5.41) is 8.13. The number of hydrogen-bond acceptors (Lipinski definition) is 1. The van der Waals surface area contributed by atoms with Gasteiger partial charge in [-0.2, -0.15) is 11.3 Å². The second-order valence-corrected chi connectivity index (χ2v) is 8.30. The van der Waals surface area contributed by atoms with Crippen molar-refractivity contribution in [2.45, 2.75) is 0 Å². The summed E-state index contributed by atoms with van der Waals surface area (Å²) in [5.74, 6) is 0. The largest absolute Gasteiger partial charge is 0.309 e. The molecule has 0 saturated heterocycles. The van der Waals surface area contributed by atoms with Crippen molar-refractivity contribution in [2.75, 3.05) is 0 Å². The van der Waals surface area contributed by atoms with Crippen LogP contribution in [0, 0.1) is 0 Å². The third kappa shape index (κ3) is 2.77. The van der Waals surface area contributed by atoms with Crippen LogP contribution in [0.5, 0.6) is 0 Å². The van der Waals surface area contributed by atoms with Crippen molar-refractivity contribution in [3.8, 4) is 28.1 Å². The first kappa shape index (κ1) is 17.3. The van der Waals surface area contributed by atoms with E-state index in [2.05, 4.69) is 118 Å². The zero-order chi connectivity index (χ0) is 19.9. The second kappa shape index (κ2) is 7.01. The molecule has 2 heteroatoms. The molecule has 6 rings (SSSR count). The third-order valence-corrected chi connectivity index (χ3v) is 6.40. The van der Waals surface area contributed by atoms with Crippen molar-refractivity contribution >= 4 is 33.0 Å². The SMILES string of the molecule is c1ccc(-[13c]2cc3ccccc3n2-c2cc(-c3ccsc3)cc3ccccc23)cc1. The molecule has 0 amide bonds. The molecule has 0 aliphatic carbocycles. The Hall–Kier alpha value is -3.62. The summed E-state index contributed by atoms with van der Waals surface area (Å²) in [7, 11) is 0. The number of aromatic nitrogens is 1. The first-order valence-electron chi connectivity index (χ1n) is 10.1. The number of hydrogen-bond donors (Lipinski definition) is 0. The van der Waals surface area contributed by atoms with Gasteiger partial charge in [-0.05, 0) is 63.2 Å². The van der Waals surface area contributed by atoms with Gasteiger partial charge >= 0.3 is 0 Å². The highest BCUT2D eigenvalue weighted by Crippen LogP contribution is 2.37. The molecule has 0 aliphatic heterocycles. The fourth-order valence-electron chi connectivity index (χ4n) is 4.31. The van der Waals surface area contributed by atoms with Gasteiger partial charge in [0, 0.05) is 10.8 Å². The first-order chi connectivity index (χ1) is 14.9. The minimum Gasteiger partial charge on any atom is -0.309 e. The molecule has 0 unspecified atom stereocenters. The van der Waals surface area contributed by atoms with Crippen LogP contribution in [0.4, 0.5) is 0 Å². The predicted molar refractivity (Wildman–Crippen MR) is 130 cm³/mol. The van der Waals surface area contributed by atoms with Gasteiger partial charge in [0.15, 0.2) is 0 Å². The number of fused-ring (bicyclic) bond motifs is 2. The molecule has 30 heavy (non-hydrogen) atoms. The van der Waals surface area contributed by atoms with Crippen LogP contribution in [0.1, 0.15) is 0 Å². The van der Waals surface area contributed by atoms with Crippen molar-refractivity contribution < 1.29 is 0 Å². The van der Waals surface area contributed by atoms with E-state index in [1.165, 1.54) is 49.7 Å². The molecule has 0 bridgehead atoms. The fourth-order valence-corrected chi connectivity index (χ4v) is 4.97. The normalized spacial score (nSPS) is 11.3. The molecule has 0 aliphatic rings. The van der Waals surface area contributed by atoms with Gasteiger partial charge in [-0.15, -0.1) is 0 Å². The lowest BCUT2D eigenvalue weighted by Gasteiger charge is -2.16. The highest BCUT2D eigenvalue weighted by atomic mass is 32.1. The van der Waals surface area contributed by atoms with Crippen LogP contribution in [0.3, 0.4) is 0 Å². The zero-order valence-corrected chi connectivity index (χ0v) is 17.1. The van der Waals surface area contributed by atoms with E-state index < -0.39 is 0 Å². The Morgan fingerprint density at radius 3 is 2.17 bits per heavy atom. The van der Waals surface area contributed by atoms with Gasteiger partial charge in [0.25, 0.3) is 0 Å². The first-order valence-corrected chi connectivity index (χ1v) is 11.0. The summed E-state index contributed by atoms with van der Waals surface area (Å²) >= 11 is 1.74. The smallest absolute Gasteiger partial charge is 0.0546 e. The lowest BCUT2D eigenvalue weighted by molar-refractivity contribution is 1.15. The summed E-state index contributed by atoms with van der Waals surface area (Å²) in [4.78, 5) is 0. The minimum atomic E-state index is 1.21. The Labute approximate surface area is 179 Å². The van der Waals surface area contributed by atoms with Gasteiger partial charge in [0.2, 0.25) is 0 Å². The summed E-state index contributed by atoms with van der Waals surface area (Å²) in [6.45, 7) is 0. The Bertz CT molecular complexity index is 1470. The van der Waals surface area contributed by atoms with E-state index in [9.17, 15) is 0 Å². The maximum absolute atomic E-state index is 2.42. The average Bonchev–Trinajstić information content (AvgIpc) is 3.47. The Balaban J connectivity index is 1.74.